The highest BCUT2D eigenvalue weighted by Crippen LogP contribution is 2.25. The topological polar surface area (TPSA) is 91.4 Å². The maximum Gasteiger partial charge on any atom is 0.312 e. The highest BCUT2D eigenvalue weighted by Gasteiger charge is 2.16. The molecule has 0 aliphatic carbocycles. The van der Waals surface area contributed by atoms with Gasteiger partial charge in [-0.1, -0.05) is 35.9 Å². The second-order valence-electron chi connectivity index (χ2n) is 7.12. The highest BCUT2D eigenvalue weighted by atomic mass is 35.5. The number of benzene rings is 2. The van der Waals surface area contributed by atoms with Crippen LogP contribution in [-0.4, -0.2) is 30.1 Å². The van der Waals surface area contributed by atoms with Crippen molar-refractivity contribution < 1.29 is 9.53 Å². The summed E-state index contributed by atoms with van der Waals surface area (Å²) in [4.78, 5) is 29.5. The Balaban J connectivity index is 1.34. The van der Waals surface area contributed by atoms with Crippen LogP contribution in [0, 0.1) is 0 Å². The van der Waals surface area contributed by atoms with E-state index in [-0.39, 0.29) is 18.6 Å². The van der Waals surface area contributed by atoms with E-state index in [1.165, 1.54) is 15.9 Å². The van der Waals surface area contributed by atoms with E-state index >= 15 is 0 Å². The number of thiazole rings is 1. The normalized spacial score (nSPS) is 11.3. The standard InChI is InChI=1S/C22H16ClN5O3S/c1-27-21(30)16-4-2-3-5-17(16)28-18(25-26-22(27)28)11-31-19(29)10-15-12-32-20(24-15)13-6-8-14(23)9-7-13/h2-9,12H,10-11H2,1H3. The van der Waals surface area contributed by atoms with Gasteiger partial charge in [0, 0.05) is 23.0 Å². The summed E-state index contributed by atoms with van der Waals surface area (Å²) in [5, 5.41) is 12.1. The minimum Gasteiger partial charge on any atom is -0.457 e. The molecule has 3 heterocycles. The molecule has 32 heavy (non-hydrogen) atoms. The lowest BCUT2D eigenvalue weighted by Gasteiger charge is -2.08. The predicted octanol–water partition coefficient (Wildman–Crippen LogP) is 3.64. The molecular weight excluding hydrogens is 450 g/mol. The predicted molar refractivity (Wildman–Crippen MR) is 122 cm³/mol. The maximum absolute atomic E-state index is 12.5. The van der Waals surface area contributed by atoms with Crippen LogP contribution in [0.2, 0.25) is 5.02 Å². The van der Waals surface area contributed by atoms with Gasteiger partial charge in [-0.2, -0.15) is 0 Å². The highest BCUT2D eigenvalue weighted by molar-refractivity contribution is 7.13. The van der Waals surface area contributed by atoms with Gasteiger partial charge < -0.3 is 4.74 Å². The first-order chi connectivity index (χ1) is 15.5. The number of aryl methyl sites for hydroxylation is 1. The summed E-state index contributed by atoms with van der Waals surface area (Å²) in [6, 6.07) is 14.6. The summed E-state index contributed by atoms with van der Waals surface area (Å²) >= 11 is 7.38. The van der Waals surface area contributed by atoms with Crippen molar-refractivity contribution in [3.8, 4) is 10.6 Å². The summed E-state index contributed by atoms with van der Waals surface area (Å²) in [7, 11) is 1.63. The number of rotatable bonds is 5. The number of para-hydroxylation sites is 1. The number of ether oxygens (including phenoxy) is 1. The second kappa shape index (κ2) is 8.18. The Labute approximate surface area is 190 Å². The molecule has 5 aromatic rings. The lowest BCUT2D eigenvalue weighted by molar-refractivity contribution is -0.144. The molecule has 0 N–H and O–H groups in total. The Morgan fingerprint density at radius 2 is 1.91 bits per heavy atom. The molecule has 0 saturated carbocycles. The van der Waals surface area contributed by atoms with Crippen LogP contribution >= 0.6 is 22.9 Å². The Morgan fingerprint density at radius 1 is 1.12 bits per heavy atom. The molecule has 0 bridgehead atoms. The lowest BCUT2D eigenvalue weighted by Crippen LogP contribution is -2.20. The Morgan fingerprint density at radius 3 is 2.72 bits per heavy atom. The fourth-order valence-electron chi connectivity index (χ4n) is 3.44. The quantitative estimate of drug-likeness (QED) is 0.368. The van der Waals surface area contributed by atoms with Crippen molar-refractivity contribution in [2.75, 3.05) is 0 Å². The number of carbonyl (C=O) groups is 1. The molecule has 160 valence electrons. The molecule has 0 radical (unpaired) electrons. The monoisotopic (exact) mass is 465 g/mol. The maximum atomic E-state index is 12.5. The average Bonchev–Trinajstić information content (AvgIpc) is 3.44. The first-order valence-corrected chi connectivity index (χ1v) is 10.9. The van der Waals surface area contributed by atoms with Gasteiger partial charge in [0.2, 0.25) is 5.78 Å². The van der Waals surface area contributed by atoms with Gasteiger partial charge in [-0.05, 0) is 24.3 Å². The molecule has 0 spiro atoms. The Bertz CT molecular complexity index is 1520. The third-order valence-corrected chi connectivity index (χ3v) is 6.22. The Hall–Kier alpha value is -3.56. The van der Waals surface area contributed by atoms with Crippen molar-refractivity contribution in [2.45, 2.75) is 13.0 Å². The van der Waals surface area contributed by atoms with Gasteiger partial charge in [0.05, 0.1) is 23.0 Å². The summed E-state index contributed by atoms with van der Waals surface area (Å²) in [6.07, 6.45) is 0.0417. The first kappa shape index (κ1) is 20.3. The molecule has 0 aliphatic rings. The number of halogens is 1. The van der Waals surface area contributed by atoms with Crippen molar-refractivity contribution in [1.29, 1.82) is 0 Å². The van der Waals surface area contributed by atoms with Crippen molar-refractivity contribution in [3.05, 3.63) is 80.8 Å². The van der Waals surface area contributed by atoms with Crippen LogP contribution in [-0.2, 0) is 29.6 Å². The summed E-state index contributed by atoms with van der Waals surface area (Å²) < 4.78 is 8.60. The molecule has 0 fully saturated rings. The second-order valence-corrected chi connectivity index (χ2v) is 8.42. The van der Waals surface area contributed by atoms with E-state index in [2.05, 4.69) is 15.2 Å². The van der Waals surface area contributed by atoms with E-state index in [0.29, 0.717) is 33.2 Å². The van der Waals surface area contributed by atoms with E-state index in [1.807, 2.05) is 29.6 Å². The zero-order chi connectivity index (χ0) is 22.2. The van der Waals surface area contributed by atoms with Crippen molar-refractivity contribution in [3.63, 3.8) is 0 Å². The molecule has 0 aliphatic heterocycles. The number of fused-ring (bicyclic) bond motifs is 3. The number of hydrogen-bond donors (Lipinski definition) is 0. The SMILES string of the molecule is Cn1c(=O)c2ccccc2n2c(COC(=O)Cc3csc(-c4ccc(Cl)cc4)n3)nnc12. The molecule has 2 aromatic carbocycles. The van der Waals surface area contributed by atoms with E-state index < -0.39 is 5.97 Å². The first-order valence-electron chi connectivity index (χ1n) is 9.69. The fraction of sp³-hybridized carbons (Fsp3) is 0.136. The minimum atomic E-state index is -0.427. The molecule has 0 atom stereocenters. The zero-order valence-electron chi connectivity index (χ0n) is 16.9. The van der Waals surface area contributed by atoms with Crippen LogP contribution in [0.1, 0.15) is 11.5 Å². The number of carbonyl (C=O) groups excluding carboxylic acids is 1. The minimum absolute atomic E-state index is 0.0417. The number of aromatic nitrogens is 5. The van der Waals surface area contributed by atoms with E-state index in [0.717, 1.165) is 10.6 Å². The van der Waals surface area contributed by atoms with E-state index in [1.54, 1.807) is 35.7 Å². The summed E-state index contributed by atoms with van der Waals surface area (Å²) in [5.41, 5.74) is 2.06. The molecule has 3 aromatic heterocycles. The average molecular weight is 466 g/mol. The number of nitrogens with zero attached hydrogens (tertiary/aromatic N) is 5. The zero-order valence-corrected chi connectivity index (χ0v) is 18.4. The van der Waals surface area contributed by atoms with Gasteiger partial charge in [-0.25, -0.2) is 4.98 Å². The molecule has 10 heteroatoms. The molecule has 0 saturated heterocycles. The van der Waals surface area contributed by atoms with Gasteiger partial charge in [-0.15, -0.1) is 21.5 Å². The number of hydrogen-bond acceptors (Lipinski definition) is 7. The fourth-order valence-corrected chi connectivity index (χ4v) is 4.39. The lowest BCUT2D eigenvalue weighted by atomic mass is 10.2. The number of esters is 1. The third-order valence-electron chi connectivity index (χ3n) is 5.02. The van der Waals surface area contributed by atoms with Crippen molar-refractivity contribution >= 4 is 45.6 Å². The molecule has 0 unspecified atom stereocenters. The van der Waals surface area contributed by atoms with Crippen LogP contribution in [0.5, 0.6) is 0 Å². The molecule has 8 nitrogen and oxygen atoms in total. The molecule has 5 rings (SSSR count). The van der Waals surface area contributed by atoms with Gasteiger partial charge in [-0.3, -0.25) is 18.6 Å². The van der Waals surface area contributed by atoms with Gasteiger partial charge >= 0.3 is 5.97 Å². The largest absolute Gasteiger partial charge is 0.457 e. The van der Waals surface area contributed by atoms with E-state index in [4.69, 9.17) is 16.3 Å². The van der Waals surface area contributed by atoms with Crippen LogP contribution in [0.4, 0.5) is 0 Å². The summed E-state index contributed by atoms with van der Waals surface area (Å²) in [5.74, 6) is 0.385. The third kappa shape index (κ3) is 3.65. The van der Waals surface area contributed by atoms with Crippen LogP contribution in [0.3, 0.4) is 0 Å². The van der Waals surface area contributed by atoms with Gasteiger partial charge in [0.25, 0.3) is 5.56 Å². The Kier molecular flexibility index (Phi) is 5.20. The van der Waals surface area contributed by atoms with Crippen molar-refractivity contribution in [1.82, 2.24) is 24.1 Å². The van der Waals surface area contributed by atoms with Crippen LogP contribution in [0.25, 0.3) is 27.3 Å². The van der Waals surface area contributed by atoms with Crippen LogP contribution < -0.4 is 5.56 Å². The summed E-state index contributed by atoms with van der Waals surface area (Å²) in [6.45, 7) is -0.0730. The molecular formula is C22H16ClN5O3S. The van der Waals surface area contributed by atoms with Gasteiger partial charge in [0.15, 0.2) is 12.4 Å². The smallest absolute Gasteiger partial charge is 0.312 e. The van der Waals surface area contributed by atoms with Crippen LogP contribution in [0.15, 0.2) is 58.7 Å². The molecule has 0 amide bonds. The van der Waals surface area contributed by atoms with Crippen molar-refractivity contribution in [2.24, 2.45) is 7.05 Å². The van der Waals surface area contributed by atoms with Gasteiger partial charge in [0.1, 0.15) is 5.01 Å². The van der Waals surface area contributed by atoms with E-state index in [9.17, 15) is 9.59 Å².